The molecule has 8 heteroatoms. The summed E-state index contributed by atoms with van der Waals surface area (Å²) in [5.41, 5.74) is 0.762. The van der Waals surface area contributed by atoms with Crippen molar-refractivity contribution in [1.29, 1.82) is 0 Å². The Morgan fingerprint density at radius 1 is 1.15 bits per heavy atom. The first-order valence-electron chi connectivity index (χ1n) is 8.42. The van der Waals surface area contributed by atoms with Crippen molar-refractivity contribution >= 4 is 35.0 Å². The lowest BCUT2D eigenvalue weighted by atomic mass is 10.3. The average molecular weight is 403 g/mol. The van der Waals surface area contributed by atoms with Crippen LogP contribution in [0.2, 0.25) is 5.02 Å². The standard InChI is InChI=1S/C19H19ClN4O2S/c1-2-27-13-24-18(25)17(12-26-16-9-4-3-5-10-16)22-23-19(24)21-15-8-6-7-14(20)11-15/h3-11H,2,12-13H2,1H3,(H,21,23). The molecule has 0 aliphatic carbocycles. The summed E-state index contributed by atoms with van der Waals surface area (Å²) in [5, 5.41) is 12.0. The zero-order valence-corrected chi connectivity index (χ0v) is 16.3. The summed E-state index contributed by atoms with van der Waals surface area (Å²) in [5.74, 6) is 2.38. The molecule has 0 aliphatic rings. The van der Waals surface area contributed by atoms with E-state index in [0.717, 1.165) is 11.4 Å². The molecule has 2 aromatic carbocycles. The first-order chi connectivity index (χ1) is 13.2. The molecule has 0 spiro atoms. The Labute approximate surface area is 166 Å². The van der Waals surface area contributed by atoms with Gasteiger partial charge in [0.1, 0.15) is 12.4 Å². The van der Waals surface area contributed by atoms with E-state index in [2.05, 4.69) is 15.5 Å². The Morgan fingerprint density at radius 2 is 1.96 bits per heavy atom. The lowest BCUT2D eigenvalue weighted by Gasteiger charge is -2.14. The number of ether oxygens (including phenoxy) is 1. The van der Waals surface area contributed by atoms with Gasteiger partial charge in [-0.25, -0.2) is 0 Å². The van der Waals surface area contributed by atoms with Gasteiger partial charge in [-0.15, -0.1) is 22.0 Å². The third-order valence-corrected chi connectivity index (χ3v) is 4.72. The minimum absolute atomic E-state index is 0.0596. The van der Waals surface area contributed by atoms with Crippen molar-refractivity contribution in [1.82, 2.24) is 14.8 Å². The lowest BCUT2D eigenvalue weighted by molar-refractivity contribution is 0.296. The third kappa shape index (κ3) is 5.24. The highest BCUT2D eigenvalue weighted by molar-refractivity contribution is 7.98. The predicted octanol–water partition coefficient (Wildman–Crippen LogP) is 4.32. The molecule has 0 unspecified atom stereocenters. The van der Waals surface area contributed by atoms with Gasteiger partial charge in [-0.3, -0.25) is 9.36 Å². The second kappa shape index (κ2) is 9.43. The van der Waals surface area contributed by atoms with E-state index in [4.69, 9.17) is 16.3 Å². The van der Waals surface area contributed by atoms with Crippen LogP contribution in [-0.4, -0.2) is 20.5 Å². The van der Waals surface area contributed by atoms with Crippen LogP contribution < -0.4 is 15.6 Å². The van der Waals surface area contributed by atoms with Gasteiger partial charge in [0, 0.05) is 10.7 Å². The average Bonchev–Trinajstić information content (AvgIpc) is 2.68. The highest BCUT2D eigenvalue weighted by Crippen LogP contribution is 2.19. The summed E-state index contributed by atoms with van der Waals surface area (Å²) in [6.45, 7) is 2.10. The number of aromatic nitrogens is 3. The van der Waals surface area contributed by atoms with Crippen LogP contribution in [0.15, 0.2) is 59.4 Å². The van der Waals surface area contributed by atoms with Gasteiger partial charge in [0.05, 0.1) is 5.88 Å². The van der Waals surface area contributed by atoms with Gasteiger partial charge in [0.2, 0.25) is 5.95 Å². The number of thioether (sulfide) groups is 1. The van der Waals surface area contributed by atoms with Crippen LogP contribution in [0.5, 0.6) is 5.75 Å². The second-order valence-electron chi connectivity index (χ2n) is 5.56. The number of rotatable bonds is 8. The minimum Gasteiger partial charge on any atom is -0.487 e. The van der Waals surface area contributed by atoms with E-state index in [-0.39, 0.29) is 17.9 Å². The molecule has 1 heterocycles. The number of nitrogens with zero attached hydrogens (tertiary/aromatic N) is 3. The summed E-state index contributed by atoms with van der Waals surface area (Å²) in [4.78, 5) is 12.9. The maximum Gasteiger partial charge on any atom is 0.281 e. The third-order valence-electron chi connectivity index (χ3n) is 3.64. The normalized spacial score (nSPS) is 10.6. The van der Waals surface area contributed by atoms with E-state index in [1.165, 1.54) is 0 Å². The van der Waals surface area contributed by atoms with Crippen molar-refractivity contribution in [3.63, 3.8) is 0 Å². The summed E-state index contributed by atoms with van der Waals surface area (Å²) in [6, 6.07) is 16.5. The monoisotopic (exact) mass is 402 g/mol. The fourth-order valence-electron chi connectivity index (χ4n) is 2.31. The molecule has 6 nitrogen and oxygen atoms in total. The number of para-hydroxylation sites is 1. The van der Waals surface area contributed by atoms with Crippen LogP contribution in [0, 0.1) is 0 Å². The Bertz CT molecular complexity index is 950. The summed E-state index contributed by atoms with van der Waals surface area (Å²) < 4.78 is 7.21. The number of benzene rings is 2. The number of hydrogen-bond acceptors (Lipinski definition) is 6. The zero-order valence-electron chi connectivity index (χ0n) is 14.8. The lowest BCUT2D eigenvalue weighted by Crippen LogP contribution is -2.29. The van der Waals surface area contributed by atoms with Crippen LogP contribution in [0.25, 0.3) is 0 Å². The molecule has 0 amide bonds. The Morgan fingerprint density at radius 3 is 2.70 bits per heavy atom. The maximum atomic E-state index is 12.9. The van der Waals surface area contributed by atoms with E-state index in [9.17, 15) is 4.79 Å². The predicted molar refractivity (Wildman–Crippen MR) is 110 cm³/mol. The van der Waals surface area contributed by atoms with E-state index < -0.39 is 0 Å². The molecular formula is C19H19ClN4O2S. The number of hydrogen-bond donors (Lipinski definition) is 1. The molecule has 1 aromatic heterocycles. The molecule has 0 fully saturated rings. The molecule has 1 N–H and O–H groups in total. The summed E-state index contributed by atoms with van der Waals surface area (Å²) in [6.07, 6.45) is 0. The first-order valence-corrected chi connectivity index (χ1v) is 9.95. The minimum atomic E-state index is -0.230. The fourth-order valence-corrected chi connectivity index (χ4v) is 3.10. The van der Waals surface area contributed by atoms with Crippen molar-refractivity contribution in [2.24, 2.45) is 0 Å². The van der Waals surface area contributed by atoms with Crippen LogP contribution >= 0.6 is 23.4 Å². The van der Waals surface area contributed by atoms with Gasteiger partial charge in [-0.05, 0) is 36.1 Å². The molecule has 140 valence electrons. The van der Waals surface area contributed by atoms with Crippen LogP contribution in [0.1, 0.15) is 12.6 Å². The van der Waals surface area contributed by atoms with Crippen molar-refractivity contribution in [3.8, 4) is 5.75 Å². The molecule has 27 heavy (non-hydrogen) atoms. The van der Waals surface area contributed by atoms with E-state index >= 15 is 0 Å². The van der Waals surface area contributed by atoms with Gasteiger partial charge in [0.25, 0.3) is 5.56 Å². The Balaban J connectivity index is 1.85. The largest absolute Gasteiger partial charge is 0.487 e. The van der Waals surface area contributed by atoms with Crippen molar-refractivity contribution < 1.29 is 4.74 Å². The molecule has 3 aromatic rings. The highest BCUT2D eigenvalue weighted by atomic mass is 35.5. The highest BCUT2D eigenvalue weighted by Gasteiger charge is 2.13. The van der Waals surface area contributed by atoms with Gasteiger partial charge < -0.3 is 10.1 Å². The van der Waals surface area contributed by atoms with E-state index in [1.807, 2.05) is 49.4 Å². The summed E-state index contributed by atoms with van der Waals surface area (Å²) >= 11 is 7.64. The quantitative estimate of drug-likeness (QED) is 0.605. The van der Waals surface area contributed by atoms with Crippen molar-refractivity contribution in [2.45, 2.75) is 19.4 Å². The van der Waals surface area contributed by atoms with Crippen molar-refractivity contribution in [3.05, 3.63) is 75.7 Å². The summed E-state index contributed by atoms with van der Waals surface area (Å²) in [7, 11) is 0. The van der Waals surface area contributed by atoms with Crippen LogP contribution in [0.4, 0.5) is 11.6 Å². The molecule has 0 atom stereocenters. The molecule has 0 aliphatic heterocycles. The van der Waals surface area contributed by atoms with Gasteiger partial charge in [0.15, 0.2) is 5.69 Å². The Kier molecular flexibility index (Phi) is 6.73. The van der Waals surface area contributed by atoms with E-state index in [0.29, 0.717) is 22.6 Å². The SMILES string of the molecule is CCSCn1c(Nc2cccc(Cl)c2)nnc(COc2ccccc2)c1=O. The Hall–Kier alpha value is -2.51. The molecular weight excluding hydrogens is 384 g/mol. The molecule has 0 bridgehead atoms. The fraction of sp³-hybridized carbons (Fsp3) is 0.211. The van der Waals surface area contributed by atoms with Crippen LogP contribution in [-0.2, 0) is 12.5 Å². The van der Waals surface area contributed by atoms with E-state index in [1.54, 1.807) is 28.5 Å². The van der Waals surface area contributed by atoms with Crippen molar-refractivity contribution in [2.75, 3.05) is 11.1 Å². The molecule has 0 saturated carbocycles. The topological polar surface area (TPSA) is 69.0 Å². The molecule has 3 rings (SSSR count). The molecule has 0 saturated heterocycles. The number of halogens is 1. The van der Waals surface area contributed by atoms with Gasteiger partial charge >= 0.3 is 0 Å². The zero-order chi connectivity index (χ0) is 19.1. The second-order valence-corrected chi connectivity index (χ2v) is 7.24. The smallest absolute Gasteiger partial charge is 0.281 e. The van der Waals surface area contributed by atoms with Crippen LogP contribution in [0.3, 0.4) is 0 Å². The number of nitrogens with one attached hydrogen (secondary N) is 1. The number of anilines is 2. The first kappa shape index (κ1) is 19.3. The van der Waals surface area contributed by atoms with Gasteiger partial charge in [-0.1, -0.05) is 42.8 Å². The molecule has 0 radical (unpaired) electrons. The van der Waals surface area contributed by atoms with Gasteiger partial charge in [-0.2, -0.15) is 0 Å². The maximum absolute atomic E-state index is 12.9.